The molecule has 1 unspecified atom stereocenters. The molecule has 0 aromatic heterocycles. The maximum Gasteiger partial charge on any atom is 0.127 e. The molecule has 1 aliphatic heterocycles. The quantitative estimate of drug-likeness (QED) is 0.787. The molecule has 0 spiro atoms. The van der Waals surface area contributed by atoms with E-state index >= 15 is 0 Å². The topological polar surface area (TPSA) is 21.3 Å². The molecule has 0 aliphatic carbocycles. The third-order valence-corrected chi connectivity index (χ3v) is 4.52. The number of halogens is 1. The summed E-state index contributed by atoms with van der Waals surface area (Å²) in [5, 5.41) is 3.70. The molecule has 2 aromatic carbocycles. The average molecular weight is 346 g/mol. The number of rotatable bonds is 2. The van der Waals surface area contributed by atoms with Crippen LogP contribution in [0.5, 0.6) is 5.75 Å². The number of hydrogen-bond acceptors (Lipinski definition) is 2. The minimum Gasteiger partial charge on any atom is -0.493 e. The first-order valence-electron chi connectivity index (χ1n) is 7.40. The van der Waals surface area contributed by atoms with Crippen molar-refractivity contribution in [1.82, 2.24) is 0 Å². The fourth-order valence-corrected chi connectivity index (χ4v) is 3.21. The number of nitrogens with one attached hydrogen (secondary N) is 1. The summed E-state index contributed by atoms with van der Waals surface area (Å²) in [6.45, 7) is 5.05. The van der Waals surface area contributed by atoms with Crippen molar-refractivity contribution >= 4 is 21.6 Å². The lowest BCUT2D eigenvalue weighted by Crippen LogP contribution is -2.11. The van der Waals surface area contributed by atoms with E-state index in [2.05, 4.69) is 71.5 Å². The molecule has 0 radical (unpaired) electrons. The number of para-hydroxylation sites is 1. The highest BCUT2D eigenvalue weighted by Crippen LogP contribution is 2.36. The minimum absolute atomic E-state index is 0.301. The van der Waals surface area contributed by atoms with Crippen LogP contribution >= 0.6 is 15.9 Å². The van der Waals surface area contributed by atoms with Crippen molar-refractivity contribution < 1.29 is 4.74 Å². The van der Waals surface area contributed by atoms with Crippen molar-refractivity contribution in [3.8, 4) is 5.75 Å². The van der Waals surface area contributed by atoms with Crippen LogP contribution in [0.25, 0.3) is 0 Å². The molecule has 1 aliphatic rings. The maximum absolute atomic E-state index is 5.95. The lowest BCUT2D eigenvalue weighted by molar-refractivity contribution is 0.314. The third kappa shape index (κ3) is 3.08. The van der Waals surface area contributed by atoms with Gasteiger partial charge in [-0.3, -0.25) is 0 Å². The van der Waals surface area contributed by atoms with E-state index in [1.807, 2.05) is 0 Å². The smallest absolute Gasteiger partial charge is 0.127 e. The zero-order chi connectivity index (χ0) is 14.8. The van der Waals surface area contributed by atoms with E-state index in [1.54, 1.807) is 0 Å². The Hall–Kier alpha value is -1.48. The summed E-state index contributed by atoms with van der Waals surface area (Å²) in [7, 11) is 0. The van der Waals surface area contributed by atoms with E-state index < -0.39 is 0 Å². The van der Waals surface area contributed by atoms with Gasteiger partial charge in [-0.25, -0.2) is 0 Å². The molecular formula is C18H20BrNO. The predicted octanol–water partition coefficient (Wildman–Crippen LogP) is 5.39. The Morgan fingerprint density at radius 3 is 2.86 bits per heavy atom. The third-order valence-electron chi connectivity index (χ3n) is 4.03. The van der Waals surface area contributed by atoms with Crippen LogP contribution in [0.2, 0.25) is 0 Å². The van der Waals surface area contributed by atoms with Crippen molar-refractivity contribution in [2.75, 3.05) is 11.9 Å². The van der Waals surface area contributed by atoms with E-state index in [0.29, 0.717) is 6.04 Å². The highest BCUT2D eigenvalue weighted by molar-refractivity contribution is 9.10. The lowest BCUT2D eigenvalue weighted by atomic mass is 9.99. The van der Waals surface area contributed by atoms with Crippen LogP contribution in [0.15, 0.2) is 40.9 Å². The molecule has 0 amide bonds. The van der Waals surface area contributed by atoms with Gasteiger partial charge in [-0.1, -0.05) is 40.2 Å². The van der Waals surface area contributed by atoms with Gasteiger partial charge in [0, 0.05) is 15.7 Å². The predicted molar refractivity (Wildman–Crippen MR) is 91.2 cm³/mol. The molecule has 21 heavy (non-hydrogen) atoms. The van der Waals surface area contributed by atoms with Crippen molar-refractivity contribution in [2.45, 2.75) is 32.7 Å². The first-order chi connectivity index (χ1) is 10.1. The Balaban J connectivity index is 1.96. The maximum atomic E-state index is 5.95. The fraction of sp³-hybridized carbons (Fsp3) is 0.333. The van der Waals surface area contributed by atoms with Crippen LogP contribution < -0.4 is 10.1 Å². The monoisotopic (exact) mass is 345 g/mol. The number of aryl methyl sites for hydroxylation is 2. The molecule has 2 aromatic rings. The standard InChI is InChI=1S/C18H20BrNO/c1-12-8-9-14(19)11-17(12)20-16-7-4-10-21-18-13(2)5-3-6-15(16)18/h3,5-6,8-9,11,16,20H,4,7,10H2,1-2H3. The Morgan fingerprint density at radius 2 is 2.00 bits per heavy atom. The van der Waals surface area contributed by atoms with Gasteiger partial charge in [0.15, 0.2) is 0 Å². The highest BCUT2D eigenvalue weighted by atomic mass is 79.9. The second kappa shape index (κ2) is 6.10. The Kier molecular flexibility index (Phi) is 4.20. The van der Waals surface area contributed by atoms with Gasteiger partial charge in [0.25, 0.3) is 0 Å². The average Bonchev–Trinajstić information content (AvgIpc) is 2.67. The SMILES string of the molecule is Cc1ccc(Br)cc1NC1CCCOc2c(C)cccc21. The molecule has 1 heterocycles. The van der Waals surface area contributed by atoms with Crippen LogP contribution in [0.4, 0.5) is 5.69 Å². The normalized spacial score (nSPS) is 17.6. The molecule has 1 N–H and O–H groups in total. The van der Waals surface area contributed by atoms with E-state index in [0.717, 1.165) is 29.7 Å². The number of fused-ring (bicyclic) bond motifs is 1. The fourth-order valence-electron chi connectivity index (χ4n) is 2.85. The molecule has 3 rings (SSSR count). The summed E-state index contributed by atoms with van der Waals surface area (Å²) in [6, 6.07) is 13.1. The summed E-state index contributed by atoms with van der Waals surface area (Å²) in [6.07, 6.45) is 2.15. The van der Waals surface area contributed by atoms with Gasteiger partial charge in [0.05, 0.1) is 12.6 Å². The van der Waals surface area contributed by atoms with Gasteiger partial charge in [-0.15, -0.1) is 0 Å². The molecule has 3 heteroatoms. The van der Waals surface area contributed by atoms with Crippen molar-refractivity contribution in [1.29, 1.82) is 0 Å². The van der Waals surface area contributed by atoms with Gasteiger partial charge < -0.3 is 10.1 Å². The van der Waals surface area contributed by atoms with E-state index in [-0.39, 0.29) is 0 Å². The molecular weight excluding hydrogens is 326 g/mol. The second-order valence-corrected chi connectivity index (χ2v) is 6.56. The summed E-state index contributed by atoms with van der Waals surface area (Å²) in [5.74, 6) is 1.06. The Bertz CT molecular complexity index is 654. The number of hydrogen-bond donors (Lipinski definition) is 1. The molecule has 0 bridgehead atoms. The zero-order valence-electron chi connectivity index (χ0n) is 12.4. The van der Waals surface area contributed by atoms with E-state index in [4.69, 9.17) is 4.74 Å². The molecule has 0 fully saturated rings. The number of benzene rings is 2. The summed E-state index contributed by atoms with van der Waals surface area (Å²) < 4.78 is 7.05. The van der Waals surface area contributed by atoms with Crippen molar-refractivity contribution in [3.63, 3.8) is 0 Å². The van der Waals surface area contributed by atoms with Crippen LogP contribution in [0.1, 0.15) is 35.6 Å². The van der Waals surface area contributed by atoms with Crippen molar-refractivity contribution in [3.05, 3.63) is 57.6 Å². The molecule has 0 saturated carbocycles. The van der Waals surface area contributed by atoms with Gasteiger partial charge in [0.1, 0.15) is 5.75 Å². The van der Waals surface area contributed by atoms with Gasteiger partial charge >= 0.3 is 0 Å². The van der Waals surface area contributed by atoms with Gasteiger partial charge in [-0.05, 0) is 49.9 Å². The molecule has 110 valence electrons. The highest BCUT2D eigenvalue weighted by Gasteiger charge is 2.21. The van der Waals surface area contributed by atoms with Crippen LogP contribution in [-0.2, 0) is 0 Å². The van der Waals surface area contributed by atoms with Crippen LogP contribution in [-0.4, -0.2) is 6.61 Å². The molecule has 2 nitrogen and oxygen atoms in total. The second-order valence-electron chi connectivity index (χ2n) is 5.64. The first-order valence-corrected chi connectivity index (χ1v) is 8.19. The largest absolute Gasteiger partial charge is 0.493 e. The summed E-state index contributed by atoms with van der Waals surface area (Å²) in [5.41, 5.74) is 4.93. The van der Waals surface area contributed by atoms with Gasteiger partial charge in [0.2, 0.25) is 0 Å². The number of ether oxygens (including phenoxy) is 1. The Labute approximate surface area is 134 Å². The van der Waals surface area contributed by atoms with Crippen molar-refractivity contribution in [2.24, 2.45) is 0 Å². The minimum atomic E-state index is 0.301. The Morgan fingerprint density at radius 1 is 1.14 bits per heavy atom. The zero-order valence-corrected chi connectivity index (χ0v) is 14.0. The molecule has 1 atom stereocenters. The summed E-state index contributed by atoms with van der Waals surface area (Å²) in [4.78, 5) is 0. The molecule has 0 saturated heterocycles. The van der Waals surface area contributed by atoms with E-state index in [1.165, 1.54) is 22.4 Å². The number of anilines is 1. The summed E-state index contributed by atoms with van der Waals surface area (Å²) >= 11 is 3.56. The lowest BCUT2D eigenvalue weighted by Gasteiger charge is -2.22. The van der Waals surface area contributed by atoms with Gasteiger partial charge in [-0.2, -0.15) is 0 Å². The van der Waals surface area contributed by atoms with Crippen LogP contribution in [0.3, 0.4) is 0 Å². The first kappa shape index (κ1) is 14.5. The van der Waals surface area contributed by atoms with E-state index in [9.17, 15) is 0 Å². The van der Waals surface area contributed by atoms with Crippen LogP contribution in [0, 0.1) is 13.8 Å².